The second-order valence-electron chi connectivity index (χ2n) is 7.54. The molecule has 0 spiro atoms. The van der Waals surface area contributed by atoms with Gasteiger partial charge in [-0.1, -0.05) is 71.7 Å². The van der Waals surface area contributed by atoms with E-state index in [0.717, 1.165) is 22.4 Å². The fourth-order valence-corrected chi connectivity index (χ4v) is 4.91. The number of ether oxygens (including phenoxy) is 2. The van der Waals surface area contributed by atoms with Crippen molar-refractivity contribution in [1.29, 1.82) is 0 Å². The van der Waals surface area contributed by atoms with Gasteiger partial charge in [-0.15, -0.1) is 11.3 Å². The van der Waals surface area contributed by atoms with Crippen molar-refractivity contribution in [2.75, 3.05) is 7.11 Å². The van der Waals surface area contributed by atoms with Gasteiger partial charge in [-0.2, -0.15) is 0 Å². The molecule has 4 aromatic rings. The molecule has 0 aliphatic heterocycles. The van der Waals surface area contributed by atoms with Crippen LogP contribution in [0.25, 0.3) is 6.08 Å². The second-order valence-corrected chi connectivity index (χ2v) is 9.52. The Morgan fingerprint density at radius 1 is 0.941 bits per heavy atom. The lowest BCUT2D eigenvalue weighted by molar-refractivity contribution is 0.105. The minimum Gasteiger partial charge on any atom is -0.496 e. The summed E-state index contributed by atoms with van der Waals surface area (Å²) in [7, 11) is 1.60. The molecular formula is C28H22Cl2O3S. The van der Waals surface area contributed by atoms with E-state index in [4.69, 9.17) is 32.7 Å². The highest BCUT2D eigenvalue weighted by atomic mass is 35.5. The topological polar surface area (TPSA) is 35.5 Å². The van der Waals surface area contributed by atoms with Crippen LogP contribution < -0.4 is 9.47 Å². The number of rotatable bonds is 9. The van der Waals surface area contributed by atoms with Crippen molar-refractivity contribution in [3.63, 3.8) is 0 Å². The number of halogens is 2. The largest absolute Gasteiger partial charge is 0.496 e. The molecule has 3 aromatic carbocycles. The van der Waals surface area contributed by atoms with Gasteiger partial charge in [0.2, 0.25) is 0 Å². The molecule has 0 aliphatic rings. The number of carbonyl (C=O) groups excluding carboxylic acids is 1. The summed E-state index contributed by atoms with van der Waals surface area (Å²) in [6.45, 7) is 0.218. The lowest BCUT2D eigenvalue weighted by Gasteiger charge is -2.13. The van der Waals surface area contributed by atoms with Crippen LogP contribution in [0.3, 0.4) is 0 Å². The SMILES string of the molecule is COc1ccc(/C=C/C(=O)c2ccc(Cc3ccccc3)s2)cc1COc1c(Cl)cccc1Cl. The Balaban J connectivity index is 1.45. The van der Waals surface area contributed by atoms with Crippen LogP contribution in [0.2, 0.25) is 10.0 Å². The standard InChI is InChI=1S/C28H22Cl2O3S/c1-32-26-14-11-20(16-21(26)18-33-28-23(29)8-5-9-24(28)30)10-13-25(31)27-15-12-22(34-27)17-19-6-3-2-4-7-19/h2-16H,17-18H2,1H3/b13-10+. The Labute approximate surface area is 213 Å². The molecule has 0 N–H and O–H groups in total. The van der Waals surface area contributed by atoms with Crippen LogP contribution in [-0.4, -0.2) is 12.9 Å². The number of carbonyl (C=O) groups is 1. The van der Waals surface area contributed by atoms with Crippen LogP contribution in [0.5, 0.6) is 11.5 Å². The number of hydrogen-bond donors (Lipinski definition) is 0. The molecule has 0 aliphatic carbocycles. The molecule has 1 aromatic heterocycles. The molecule has 0 saturated carbocycles. The van der Waals surface area contributed by atoms with Crippen LogP contribution in [0, 0.1) is 0 Å². The third-order valence-electron chi connectivity index (χ3n) is 5.15. The van der Waals surface area contributed by atoms with Gasteiger partial charge in [-0.25, -0.2) is 0 Å². The minimum absolute atomic E-state index is 0.0271. The molecular weight excluding hydrogens is 487 g/mol. The molecule has 0 unspecified atom stereocenters. The minimum atomic E-state index is -0.0271. The molecule has 0 bridgehead atoms. The fraction of sp³-hybridized carbons (Fsp3) is 0.107. The van der Waals surface area contributed by atoms with Crippen molar-refractivity contribution >= 4 is 46.4 Å². The van der Waals surface area contributed by atoms with Crippen LogP contribution in [0.4, 0.5) is 0 Å². The predicted molar refractivity (Wildman–Crippen MR) is 141 cm³/mol. The van der Waals surface area contributed by atoms with Crippen molar-refractivity contribution < 1.29 is 14.3 Å². The van der Waals surface area contributed by atoms with Gasteiger partial charge >= 0.3 is 0 Å². The Bertz CT molecular complexity index is 1290. The van der Waals surface area contributed by atoms with Crippen molar-refractivity contribution in [1.82, 2.24) is 0 Å². The van der Waals surface area contributed by atoms with E-state index in [2.05, 4.69) is 12.1 Å². The Hall–Kier alpha value is -3.05. The van der Waals surface area contributed by atoms with Gasteiger partial charge in [0, 0.05) is 16.9 Å². The highest BCUT2D eigenvalue weighted by molar-refractivity contribution is 7.14. The zero-order valence-corrected chi connectivity index (χ0v) is 20.8. The summed E-state index contributed by atoms with van der Waals surface area (Å²) < 4.78 is 11.3. The first-order valence-electron chi connectivity index (χ1n) is 10.6. The molecule has 0 saturated heterocycles. The van der Waals surface area contributed by atoms with Crippen molar-refractivity contribution in [3.8, 4) is 11.5 Å². The van der Waals surface area contributed by atoms with Gasteiger partial charge in [0.05, 0.1) is 22.0 Å². The number of allylic oxidation sites excluding steroid dienone is 1. The maximum absolute atomic E-state index is 12.7. The summed E-state index contributed by atoms with van der Waals surface area (Å²) >= 11 is 13.9. The van der Waals surface area contributed by atoms with E-state index < -0.39 is 0 Å². The monoisotopic (exact) mass is 508 g/mol. The molecule has 0 fully saturated rings. The maximum Gasteiger partial charge on any atom is 0.195 e. The van der Waals surface area contributed by atoms with Crippen molar-refractivity contribution in [3.05, 3.63) is 121 Å². The van der Waals surface area contributed by atoms with E-state index in [9.17, 15) is 4.79 Å². The number of para-hydroxylation sites is 1. The van der Waals surface area contributed by atoms with E-state index in [-0.39, 0.29) is 12.4 Å². The first-order chi connectivity index (χ1) is 16.5. The average Bonchev–Trinajstić information content (AvgIpc) is 3.31. The van der Waals surface area contributed by atoms with E-state index in [0.29, 0.717) is 26.4 Å². The average molecular weight is 509 g/mol. The van der Waals surface area contributed by atoms with Crippen LogP contribution in [0.1, 0.15) is 31.2 Å². The summed E-state index contributed by atoms with van der Waals surface area (Å²) in [5.74, 6) is 1.07. The third kappa shape index (κ3) is 6.09. The van der Waals surface area contributed by atoms with E-state index in [1.54, 1.807) is 37.5 Å². The van der Waals surface area contributed by atoms with Crippen LogP contribution >= 0.6 is 34.5 Å². The molecule has 1 heterocycles. The molecule has 4 rings (SSSR count). The first kappa shape index (κ1) is 24.1. The molecule has 34 heavy (non-hydrogen) atoms. The molecule has 6 heteroatoms. The van der Waals surface area contributed by atoms with Gasteiger partial charge in [-0.05, 0) is 53.6 Å². The number of ketones is 1. The lowest BCUT2D eigenvalue weighted by Crippen LogP contribution is -2.00. The fourth-order valence-electron chi connectivity index (χ4n) is 3.44. The van der Waals surface area contributed by atoms with E-state index in [1.165, 1.54) is 16.9 Å². The van der Waals surface area contributed by atoms with Gasteiger partial charge in [0.25, 0.3) is 0 Å². The zero-order valence-electron chi connectivity index (χ0n) is 18.5. The van der Waals surface area contributed by atoms with Gasteiger partial charge in [-0.3, -0.25) is 4.79 Å². The molecule has 3 nitrogen and oxygen atoms in total. The number of methoxy groups -OCH3 is 1. The summed E-state index contributed by atoms with van der Waals surface area (Å²) in [4.78, 5) is 14.6. The highest BCUT2D eigenvalue weighted by Crippen LogP contribution is 2.34. The third-order valence-corrected chi connectivity index (χ3v) is 6.84. The van der Waals surface area contributed by atoms with Crippen LogP contribution in [0.15, 0.2) is 84.9 Å². The second kappa shape index (κ2) is 11.4. The highest BCUT2D eigenvalue weighted by Gasteiger charge is 2.11. The predicted octanol–water partition coefficient (Wildman–Crippen LogP) is 8.13. The molecule has 0 atom stereocenters. The lowest BCUT2D eigenvalue weighted by atomic mass is 10.1. The maximum atomic E-state index is 12.7. The van der Waals surface area contributed by atoms with Gasteiger partial charge < -0.3 is 9.47 Å². The smallest absolute Gasteiger partial charge is 0.195 e. The summed E-state index contributed by atoms with van der Waals surface area (Å²) in [6, 6.07) is 25.0. The Morgan fingerprint density at radius 3 is 2.44 bits per heavy atom. The van der Waals surface area contributed by atoms with Gasteiger partial charge in [0.15, 0.2) is 11.5 Å². The summed E-state index contributed by atoms with van der Waals surface area (Å²) in [5.41, 5.74) is 2.90. The summed E-state index contributed by atoms with van der Waals surface area (Å²) in [5, 5.41) is 0.881. The van der Waals surface area contributed by atoms with Crippen molar-refractivity contribution in [2.45, 2.75) is 13.0 Å². The van der Waals surface area contributed by atoms with Crippen LogP contribution in [-0.2, 0) is 13.0 Å². The number of benzene rings is 3. The molecule has 0 amide bonds. The molecule has 172 valence electrons. The van der Waals surface area contributed by atoms with Crippen molar-refractivity contribution in [2.24, 2.45) is 0 Å². The first-order valence-corrected chi connectivity index (χ1v) is 12.2. The zero-order chi connectivity index (χ0) is 23.9. The van der Waals surface area contributed by atoms with Gasteiger partial charge in [0.1, 0.15) is 12.4 Å². The normalized spacial score (nSPS) is 11.0. The Kier molecular flexibility index (Phi) is 8.07. The number of thiophene rings is 1. The number of hydrogen-bond acceptors (Lipinski definition) is 4. The Morgan fingerprint density at radius 2 is 1.71 bits per heavy atom. The quantitative estimate of drug-likeness (QED) is 0.169. The van der Waals surface area contributed by atoms with E-state index >= 15 is 0 Å². The van der Waals surface area contributed by atoms with E-state index in [1.807, 2.05) is 48.5 Å². The molecule has 0 radical (unpaired) electrons. The summed E-state index contributed by atoms with van der Waals surface area (Å²) in [6.07, 6.45) is 4.21.